The summed E-state index contributed by atoms with van der Waals surface area (Å²) in [6.45, 7) is 1.40. The second kappa shape index (κ2) is 6.16. The summed E-state index contributed by atoms with van der Waals surface area (Å²) in [5.74, 6) is -0.157. The molecule has 0 aromatic heterocycles. The Morgan fingerprint density at radius 3 is 2.43 bits per heavy atom. The van der Waals surface area contributed by atoms with Gasteiger partial charge in [0.15, 0.2) is 5.79 Å². The summed E-state index contributed by atoms with van der Waals surface area (Å²) in [5.41, 5.74) is 1.07. The molecule has 4 heteroatoms. The lowest BCUT2D eigenvalue weighted by atomic mass is 9.89. The molecule has 3 rings (SSSR count). The van der Waals surface area contributed by atoms with Crippen LogP contribution in [0.4, 0.5) is 0 Å². The first-order chi connectivity index (χ1) is 10.2. The molecule has 1 aromatic carbocycles. The maximum atomic E-state index is 12.4. The molecule has 1 saturated carbocycles. The first-order valence-corrected chi connectivity index (χ1v) is 7.76. The van der Waals surface area contributed by atoms with Gasteiger partial charge in [-0.05, 0) is 18.4 Å². The normalized spacial score (nSPS) is 21.6. The zero-order chi connectivity index (χ0) is 14.7. The van der Waals surface area contributed by atoms with Crippen molar-refractivity contribution in [2.24, 2.45) is 0 Å². The Hall–Kier alpha value is -1.39. The molecular formula is C17H23NO3. The standard InChI is InChI=1S/C17H23NO3/c1-18(16(19)13-14-5-3-2-4-6-14)15-7-9-17(10-8-15)20-11-12-21-17/h2-6,15H,7-13H2,1H3. The van der Waals surface area contributed by atoms with E-state index in [1.165, 1.54) is 0 Å². The molecule has 0 radical (unpaired) electrons. The number of benzene rings is 1. The summed E-state index contributed by atoms with van der Waals surface area (Å²) >= 11 is 0. The molecule has 0 atom stereocenters. The van der Waals surface area contributed by atoms with Crippen LogP contribution in [-0.4, -0.2) is 42.9 Å². The fourth-order valence-electron chi connectivity index (χ4n) is 3.31. The van der Waals surface area contributed by atoms with Gasteiger partial charge in [-0.3, -0.25) is 4.79 Å². The monoisotopic (exact) mass is 289 g/mol. The van der Waals surface area contributed by atoms with E-state index >= 15 is 0 Å². The second-order valence-electron chi connectivity index (χ2n) is 6.01. The predicted octanol–water partition coefficient (Wildman–Crippen LogP) is 2.37. The van der Waals surface area contributed by atoms with E-state index in [2.05, 4.69) is 0 Å². The van der Waals surface area contributed by atoms with Crippen LogP contribution in [0.5, 0.6) is 0 Å². The van der Waals surface area contributed by atoms with Crippen LogP contribution in [-0.2, 0) is 20.7 Å². The van der Waals surface area contributed by atoms with E-state index in [0.29, 0.717) is 25.7 Å². The highest BCUT2D eigenvalue weighted by Crippen LogP contribution is 2.37. The van der Waals surface area contributed by atoms with E-state index in [1.54, 1.807) is 0 Å². The maximum absolute atomic E-state index is 12.4. The van der Waals surface area contributed by atoms with Gasteiger partial charge in [-0.15, -0.1) is 0 Å². The van der Waals surface area contributed by atoms with Gasteiger partial charge in [-0.25, -0.2) is 0 Å². The molecule has 1 aliphatic carbocycles. The Morgan fingerprint density at radius 1 is 1.19 bits per heavy atom. The molecule has 1 amide bonds. The van der Waals surface area contributed by atoms with Gasteiger partial charge < -0.3 is 14.4 Å². The van der Waals surface area contributed by atoms with E-state index in [1.807, 2.05) is 42.3 Å². The van der Waals surface area contributed by atoms with Crippen LogP contribution < -0.4 is 0 Å². The van der Waals surface area contributed by atoms with Gasteiger partial charge in [-0.2, -0.15) is 0 Å². The molecule has 21 heavy (non-hydrogen) atoms. The highest BCUT2D eigenvalue weighted by Gasteiger charge is 2.41. The van der Waals surface area contributed by atoms with Gasteiger partial charge >= 0.3 is 0 Å². The Morgan fingerprint density at radius 2 is 1.81 bits per heavy atom. The van der Waals surface area contributed by atoms with Crippen molar-refractivity contribution in [2.75, 3.05) is 20.3 Å². The van der Waals surface area contributed by atoms with E-state index < -0.39 is 0 Å². The molecular weight excluding hydrogens is 266 g/mol. The summed E-state index contributed by atoms with van der Waals surface area (Å²) in [4.78, 5) is 14.3. The SMILES string of the molecule is CN(C(=O)Cc1ccccc1)C1CCC2(CC1)OCCO2. The number of nitrogens with zero attached hydrogens (tertiary/aromatic N) is 1. The fourth-order valence-corrected chi connectivity index (χ4v) is 3.31. The Kier molecular flexibility index (Phi) is 4.27. The number of rotatable bonds is 3. The fraction of sp³-hybridized carbons (Fsp3) is 0.588. The van der Waals surface area contributed by atoms with Crippen LogP contribution in [0.15, 0.2) is 30.3 Å². The van der Waals surface area contributed by atoms with Crippen molar-refractivity contribution in [3.8, 4) is 0 Å². The average molecular weight is 289 g/mol. The van der Waals surface area contributed by atoms with Crippen LogP contribution in [0.2, 0.25) is 0 Å². The summed E-state index contributed by atoms with van der Waals surface area (Å²) in [5, 5.41) is 0. The Balaban J connectivity index is 1.54. The van der Waals surface area contributed by atoms with Gasteiger partial charge in [-0.1, -0.05) is 30.3 Å². The number of carbonyl (C=O) groups is 1. The average Bonchev–Trinajstić information content (AvgIpc) is 2.96. The molecule has 1 saturated heterocycles. The number of carbonyl (C=O) groups excluding carboxylic acids is 1. The van der Waals surface area contributed by atoms with Crippen molar-refractivity contribution in [2.45, 2.75) is 43.9 Å². The topological polar surface area (TPSA) is 38.8 Å². The third-order valence-corrected chi connectivity index (χ3v) is 4.67. The molecule has 0 unspecified atom stereocenters. The number of ether oxygens (including phenoxy) is 2. The zero-order valence-corrected chi connectivity index (χ0v) is 12.6. The van der Waals surface area contributed by atoms with Crippen LogP contribution in [0.25, 0.3) is 0 Å². The minimum Gasteiger partial charge on any atom is -0.348 e. The van der Waals surface area contributed by atoms with Crippen LogP contribution in [0, 0.1) is 0 Å². The van der Waals surface area contributed by atoms with Crippen molar-refractivity contribution in [1.29, 1.82) is 0 Å². The first kappa shape index (κ1) is 14.5. The number of hydrogen-bond donors (Lipinski definition) is 0. The smallest absolute Gasteiger partial charge is 0.226 e. The zero-order valence-electron chi connectivity index (χ0n) is 12.6. The third-order valence-electron chi connectivity index (χ3n) is 4.67. The molecule has 0 bridgehead atoms. The summed E-state index contributed by atoms with van der Waals surface area (Å²) < 4.78 is 11.5. The molecule has 114 valence electrons. The van der Waals surface area contributed by atoms with Gasteiger partial charge in [0, 0.05) is 25.9 Å². The van der Waals surface area contributed by atoms with Crippen LogP contribution in [0.3, 0.4) is 0 Å². The molecule has 2 fully saturated rings. The first-order valence-electron chi connectivity index (χ1n) is 7.76. The largest absolute Gasteiger partial charge is 0.348 e. The third kappa shape index (κ3) is 3.27. The van der Waals surface area contributed by atoms with E-state index in [-0.39, 0.29) is 11.7 Å². The lowest BCUT2D eigenvalue weighted by Gasteiger charge is -2.39. The highest BCUT2D eigenvalue weighted by molar-refractivity contribution is 5.78. The summed E-state index contributed by atoms with van der Waals surface area (Å²) in [7, 11) is 1.92. The predicted molar refractivity (Wildman–Crippen MR) is 79.8 cm³/mol. The molecule has 4 nitrogen and oxygen atoms in total. The molecule has 0 N–H and O–H groups in total. The van der Waals surface area contributed by atoms with Gasteiger partial charge in [0.1, 0.15) is 0 Å². The number of amides is 1. The van der Waals surface area contributed by atoms with Gasteiger partial charge in [0.2, 0.25) is 5.91 Å². The molecule has 1 aromatic rings. The number of likely N-dealkylation sites (N-methyl/N-ethyl adjacent to an activating group) is 1. The molecule has 1 spiro atoms. The molecule has 2 aliphatic rings. The highest BCUT2D eigenvalue weighted by atomic mass is 16.7. The Labute approximate surface area is 126 Å². The van der Waals surface area contributed by atoms with Crippen LogP contribution >= 0.6 is 0 Å². The minimum absolute atomic E-state index is 0.190. The minimum atomic E-state index is -0.347. The van der Waals surface area contributed by atoms with E-state index in [9.17, 15) is 4.79 Å². The number of hydrogen-bond acceptors (Lipinski definition) is 3. The van der Waals surface area contributed by atoms with Crippen molar-refractivity contribution in [3.05, 3.63) is 35.9 Å². The van der Waals surface area contributed by atoms with Gasteiger partial charge in [0.25, 0.3) is 0 Å². The maximum Gasteiger partial charge on any atom is 0.226 e. The second-order valence-corrected chi connectivity index (χ2v) is 6.01. The van der Waals surface area contributed by atoms with E-state index in [4.69, 9.17) is 9.47 Å². The lowest BCUT2D eigenvalue weighted by Crippen LogP contribution is -2.45. The lowest BCUT2D eigenvalue weighted by molar-refractivity contribution is -0.184. The quantitative estimate of drug-likeness (QED) is 0.857. The van der Waals surface area contributed by atoms with Crippen LogP contribution in [0.1, 0.15) is 31.2 Å². The van der Waals surface area contributed by atoms with Crippen molar-refractivity contribution in [1.82, 2.24) is 4.90 Å². The van der Waals surface area contributed by atoms with Crippen molar-refractivity contribution in [3.63, 3.8) is 0 Å². The van der Waals surface area contributed by atoms with Gasteiger partial charge in [0.05, 0.1) is 19.6 Å². The van der Waals surface area contributed by atoms with E-state index in [0.717, 1.165) is 31.2 Å². The summed E-state index contributed by atoms with van der Waals surface area (Å²) in [6, 6.07) is 10.2. The molecule has 1 heterocycles. The molecule has 1 aliphatic heterocycles. The van der Waals surface area contributed by atoms with Crippen molar-refractivity contribution < 1.29 is 14.3 Å². The Bertz CT molecular complexity index is 472. The summed E-state index contributed by atoms with van der Waals surface area (Å²) in [6.07, 6.45) is 4.17. The van der Waals surface area contributed by atoms with Crippen molar-refractivity contribution >= 4 is 5.91 Å².